The molecule has 1 aliphatic heterocycles. The van der Waals surface area contributed by atoms with Gasteiger partial charge in [-0.3, -0.25) is 4.79 Å². The molecule has 3 rings (SSSR count). The summed E-state index contributed by atoms with van der Waals surface area (Å²) >= 11 is 8.38. The number of ether oxygens (including phenoxy) is 1. The van der Waals surface area contributed by atoms with Gasteiger partial charge in [0.1, 0.15) is 0 Å². The van der Waals surface area contributed by atoms with E-state index in [1.165, 1.54) is 0 Å². The zero-order chi connectivity index (χ0) is 10.6. The molecular formula is C10H8Br2O2S. The standard InChI is InChI=1S/C10H8Br2O2S/c11-7-1-4(10(12)15-7)9(13)8-5-2-14-3-6(5)8/h1,5-6,8H,2-3H2. The number of carbonyl (C=O) groups is 1. The Labute approximate surface area is 108 Å². The van der Waals surface area contributed by atoms with Crippen LogP contribution in [-0.2, 0) is 4.74 Å². The molecule has 15 heavy (non-hydrogen) atoms. The molecule has 0 spiro atoms. The number of carbonyl (C=O) groups excluding carboxylic acids is 1. The molecule has 2 nitrogen and oxygen atoms in total. The number of hydrogen-bond acceptors (Lipinski definition) is 3. The number of hydrogen-bond donors (Lipinski definition) is 0. The van der Waals surface area contributed by atoms with Crippen LogP contribution in [0.3, 0.4) is 0 Å². The van der Waals surface area contributed by atoms with Gasteiger partial charge in [0.15, 0.2) is 5.78 Å². The molecule has 2 atom stereocenters. The van der Waals surface area contributed by atoms with Crippen molar-refractivity contribution in [3.05, 3.63) is 19.2 Å². The number of halogens is 2. The lowest BCUT2D eigenvalue weighted by Crippen LogP contribution is -2.09. The maximum absolute atomic E-state index is 12.2. The van der Waals surface area contributed by atoms with E-state index < -0.39 is 0 Å². The fourth-order valence-electron chi connectivity index (χ4n) is 2.32. The minimum Gasteiger partial charge on any atom is -0.381 e. The van der Waals surface area contributed by atoms with Crippen LogP contribution in [0.2, 0.25) is 0 Å². The first-order valence-electron chi connectivity index (χ1n) is 4.75. The van der Waals surface area contributed by atoms with Crippen molar-refractivity contribution >= 4 is 49.0 Å². The number of thiophene rings is 1. The van der Waals surface area contributed by atoms with Crippen LogP contribution in [0.25, 0.3) is 0 Å². The molecule has 0 N–H and O–H groups in total. The maximum atomic E-state index is 12.2. The minimum atomic E-state index is 0.219. The lowest BCUT2D eigenvalue weighted by Gasteiger charge is -2.02. The van der Waals surface area contributed by atoms with Gasteiger partial charge in [-0.1, -0.05) is 0 Å². The van der Waals surface area contributed by atoms with Gasteiger partial charge < -0.3 is 4.74 Å². The summed E-state index contributed by atoms with van der Waals surface area (Å²) in [5.74, 6) is 1.48. The minimum absolute atomic E-state index is 0.219. The van der Waals surface area contributed by atoms with Gasteiger partial charge in [0.25, 0.3) is 0 Å². The van der Waals surface area contributed by atoms with Gasteiger partial charge in [-0.25, -0.2) is 0 Å². The highest BCUT2D eigenvalue weighted by atomic mass is 79.9. The molecular weight excluding hydrogens is 344 g/mol. The van der Waals surface area contributed by atoms with E-state index >= 15 is 0 Å². The van der Waals surface area contributed by atoms with Gasteiger partial charge in [0.05, 0.1) is 20.8 Å². The predicted molar refractivity (Wildman–Crippen MR) is 65.3 cm³/mol. The first kappa shape index (κ1) is 10.4. The summed E-state index contributed by atoms with van der Waals surface area (Å²) in [6.45, 7) is 1.54. The topological polar surface area (TPSA) is 26.3 Å². The summed E-state index contributed by atoms with van der Waals surface area (Å²) in [4.78, 5) is 12.2. The Morgan fingerprint density at radius 2 is 2.07 bits per heavy atom. The third-order valence-corrected chi connectivity index (χ3v) is 5.52. The number of fused-ring (bicyclic) bond motifs is 1. The highest BCUT2D eigenvalue weighted by molar-refractivity contribution is 9.12. The van der Waals surface area contributed by atoms with Crippen molar-refractivity contribution in [3.63, 3.8) is 0 Å². The van der Waals surface area contributed by atoms with E-state index in [9.17, 15) is 4.79 Å². The molecule has 1 aromatic heterocycles. The van der Waals surface area contributed by atoms with Crippen LogP contribution >= 0.6 is 43.2 Å². The van der Waals surface area contributed by atoms with Crippen LogP contribution in [0, 0.1) is 17.8 Å². The summed E-state index contributed by atoms with van der Waals surface area (Å²) in [5.41, 5.74) is 0.825. The van der Waals surface area contributed by atoms with Gasteiger partial charge in [-0.05, 0) is 49.8 Å². The van der Waals surface area contributed by atoms with Crippen LogP contribution < -0.4 is 0 Å². The highest BCUT2D eigenvalue weighted by Gasteiger charge is 2.58. The molecule has 1 aliphatic carbocycles. The van der Waals surface area contributed by atoms with Crippen molar-refractivity contribution in [1.82, 2.24) is 0 Å². The molecule has 2 heterocycles. The molecule has 1 saturated heterocycles. The van der Waals surface area contributed by atoms with Crippen molar-refractivity contribution < 1.29 is 9.53 Å². The average Bonchev–Trinajstić information content (AvgIpc) is 2.58. The smallest absolute Gasteiger partial charge is 0.168 e. The number of rotatable bonds is 2. The second-order valence-electron chi connectivity index (χ2n) is 3.99. The zero-order valence-electron chi connectivity index (χ0n) is 7.70. The lowest BCUT2D eigenvalue weighted by atomic mass is 10.1. The largest absolute Gasteiger partial charge is 0.381 e. The Bertz CT molecular complexity index is 419. The van der Waals surface area contributed by atoms with Gasteiger partial charge in [-0.15, -0.1) is 11.3 Å². The first-order valence-corrected chi connectivity index (χ1v) is 7.15. The molecule has 1 saturated carbocycles. The maximum Gasteiger partial charge on any atom is 0.168 e. The first-order chi connectivity index (χ1) is 7.18. The van der Waals surface area contributed by atoms with E-state index in [0.29, 0.717) is 11.8 Å². The van der Waals surface area contributed by atoms with Crippen LogP contribution in [-0.4, -0.2) is 19.0 Å². The number of Topliss-reactive ketones (excluding diaryl/α,β-unsaturated/α-hetero) is 1. The van der Waals surface area contributed by atoms with Crippen molar-refractivity contribution in [3.8, 4) is 0 Å². The summed E-state index contributed by atoms with van der Waals surface area (Å²) in [5, 5.41) is 0. The van der Waals surface area contributed by atoms with Gasteiger partial charge >= 0.3 is 0 Å². The van der Waals surface area contributed by atoms with Crippen LogP contribution in [0.1, 0.15) is 10.4 Å². The second-order valence-corrected chi connectivity index (χ2v) is 7.74. The zero-order valence-corrected chi connectivity index (χ0v) is 11.7. The third kappa shape index (κ3) is 1.64. The van der Waals surface area contributed by atoms with E-state index in [2.05, 4.69) is 31.9 Å². The van der Waals surface area contributed by atoms with E-state index in [-0.39, 0.29) is 11.7 Å². The molecule has 2 aliphatic rings. The average molecular weight is 352 g/mol. The third-order valence-electron chi connectivity index (χ3n) is 3.18. The molecule has 0 bridgehead atoms. The molecule has 2 unspecified atom stereocenters. The monoisotopic (exact) mass is 350 g/mol. The molecule has 80 valence electrons. The summed E-state index contributed by atoms with van der Waals surface area (Å²) < 4.78 is 7.22. The van der Waals surface area contributed by atoms with Gasteiger partial charge in [0.2, 0.25) is 0 Å². The normalized spacial score (nSPS) is 32.8. The van der Waals surface area contributed by atoms with Crippen molar-refractivity contribution in [2.75, 3.05) is 13.2 Å². The molecule has 0 amide bonds. The fourth-order valence-corrected chi connectivity index (χ4v) is 5.13. The van der Waals surface area contributed by atoms with Gasteiger partial charge in [0, 0.05) is 11.5 Å². The molecule has 2 fully saturated rings. The van der Waals surface area contributed by atoms with Crippen molar-refractivity contribution in [2.24, 2.45) is 17.8 Å². The lowest BCUT2D eigenvalue weighted by molar-refractivity contribution is 0.0893. The highest BCUT2D eigenvalue weighted by Crippen LogP contribution is 2.53. The Hall–Kier alpha value is 0.290. The van der Waals surface area contributed by atoms with Crippen molar-refractivity contribution in [2.45, 2.75) is 0 Å². The SMILES string of the molecule is O=C(c1cc(Br)sc1Br)C1C2COCC21. The van der Waals surface area contributed by atoms with E-state index in [1.807, 2.05) is 6.07 Å². The fraction of sp³-hybridized carbons (Fsp3) is 0.500. The molecule has 5 heteroatoms. The molecule has 0 radical (unpaired) electrons. The summed E-state index contributed by atoms with van der Waals surface area (Å²) in [7, 11) is 0. The molecule has 0 aromatic carbocycles. The van der Waals surface area contributed by atoms with Crippen LogP contribution in [0.5, 0.6) is 0 Å². The Morgan fingerprint density at radius 3 is 2.60 bits per heavy atom. The second kappa shape index (κ2) is 3.65. The summed E-state index contributed by atoms with van der Waals surface area (Å²) in [6, 6.07) is 1.91. The van der Waals surface area contributed by atoms with E-state index in [1.54, 1.807) is 11.3 Å². The Balaban J connectivity index is 1.84. The van der Waals surface area contributed by atoms with Gasteiger partial charge in [-0.2, -0.15) is 0 Å². The summed E-state index contributed by atoms with van der Waals surface area (Å²) in [6.07, 6.45) is 0. The van der Waals surface area contributed by atoms with Crippen LogP contribution in [0.15, 0.2) is 13.6 Å². The van der Waals surface area contributed by atoms with E-state index in [0.717, 1.165) is 26.4 Å². The quantitative estimate of drug-likeness (QED) is 0.764. The Kier molecular flexibility index (Phi) is 2.54. The number of ketones is 1. The Morgan fingerprint density at radius 1 is 1.40 bits per heavy atom. The van der Waals surface area contributed by atoms with E-state index in [4.69, 9.17) is 4.74 Å². The van der Waals surface area contributed by atoms with Crippen molar-refractivity contribution in [1.29, 1.82) is 0 Å². The predicted octanol–water partition coefficient (Wildman–Crippen LogP) is 3.35. The van der Waals surface area contributed by atoms with Crippen LogP contribution in [0.4, 0.5) is 0 Å². The molecule has 1 aromatic rings.